The third-order valence-corrected chi connectivity index (χ3v) is 7.99. The lowest BCUT2D eigenvalue weighted by Crippen LogP contribution is -2.46. The Bertz CT molecular complexity index is 917. The molecule has 2 aliphatic heterocycles. The predicted octanol–water partition coefficient (Wildman–Crippen LogP) is 4.40. The Kier molecular flexibility index (Phi) is 7.28. The van der Waals surface area contributed by atoms with Gasteiger partial charge in [0.05, 0.1) is 11.4 Å². The normalized spacial score (nSPS) is 20.6. The molecule has 1 aromatic heterocycles. The largest absolute Gasteiger partial charge is 0.344 e. The van der Waals surface area contributed by atoms with Gasteiger partial charge in [-0.15, -0.1) is 11.3 Å². The van der Waals surface area contributed by atoms with E-state index in [-0.39, 0.29) is 11.8 Å². The number of carbonyl (C=O) groups excluding carboxylic acids is 2. The zero-order valence-corrected chi connectivity index (χ0v) is 19.8. The Morgan fingerprint density at radius 1 is 1.00 bits per heavy atom. The molecule has 0 N–H and O–H groups in total. The highest BCUT2D eigenvalue weighted by Crippen LogP contribution is 2.34. The first-order valence-electron chi connectivity index (χ1n) is 11.8. The molecule has 31 heavy (non-hydrogen) atoms. The Balaban J connectivity index is 1.59. The average Bonchev–Trinajstić information content (AvgIpc) is 3.00. The Labute approximate surface area is 190 Å². The second kappa shape index (κ2) is 10.1. The fourth-order valence-corrected chi connectivity index (χ4v) is 6.26. The van der Waals surface area contributed by atoms with Crippen LogP contribution in [0.3, 0.4) is 0 Å². The maximum absolute atomic E-state index is 13.0. The van der Waals surface area contributed by atoms with E-state index in [4.69, 9.17) is 0 Å². The van der Waals surface area contributed by atoms with Gasteiger partial charge in [-0.05, 0) is 62.1 Å². The van der Waals surface area contributed by atoms with Gasteiger partial charge in [0.1, 0.15) is 0 Å². The van der Waals surface area contributed by atoms with E-state index in [9.17, 15) is 9.59 Å². The van der Waals surface area contributed by atoms with Crippen LogP contribution in [0.5, 0.6) is 0 Å². The predicted molar refractivity (Wildman–Crippen MR) is 128 cm³/mol. The number of benzene rings is 1. The van der Waals surface area contributed by atoms with Crippen LogP contribution in [0.4, 0.5) is 0 Å². The zero-order chi connectivity index (χ0) is 21.8. The van der Waals surface area contributed by atoms with E-state index >= 15 is 0 Å². The minimum absolute atomic E-state index is 0.0840. The van der Waals surface area contributed by atoms with Crippen LogP contribution in [-0.4, -0.2) is 72.8 Å². The molecule has 1 aromatic carbocycles. The highest BCUT2D eigenvalue weighted by Gasteiger charge is 2.29. The number of piperidine rings is 1. The number of fused-ring (bicyclic) bond motifs is 1. The van der Waals surface area contributed by atoms with Crippen molar-refractivity contribution in [2.24, 2.45) is 0 Å². The van der Waals surface area contributed by atoms with Crippen molar-refractivity contribution in [1.29, 1.82) is 0 Å². The van der Waals surface area contributed by atoms with Gasteiger partial charge >= 0.3 is 0 Å². The topological polar surface area (TPSA) is 43.9 Å². The van der Waals surface area contributed by atoms with Crippen molar-refractivity contribution >= 4 is 33.2 Å². The molecular weight excluding hydrogens is 406 g/mol. The van der Waals surface area contributed by atoms with E-state index in [0.29, 0.717) is 12.6 Å². The molecule has 0 aliphatic carbocycles. The van der Waals surface area contributed by atoms with E-state index in [1.165, 1.54) is 34.9 Å². The zero-order valence-electron chi connectivity index (χ0n) is 18.9. The number of amides is 2. The summed E-state index contributed by atoms with van der Waals surface area (Å²) in [5.74, 6) is 0.368. The Hall–Kier alpha value is -1.92. The number of thiophene rings is 1. The molecule has 2 saturated heterocycles. The summed E-state index contributed by atoms with van der Waals surface area (Å²) in [6, 6.07) is 8.67. The lowest BCUT2D eigenvalue weighted by molar-refractivity contribution is -0.133. The number of hydrogen-bond donors (Lipinski definition) is 0. The second-order valence-electron chi connectivity index (χ2n) is 9.22. The van der Waals surface area contributed by atoms with Crippen molar-refractivity contribution in [2.75, 3.05) is 40.3 Å². The van der Waals surface area contributed by atoms with E-state index in [1.807, 2.05) is 20.2 Å². The summed E-state index contributed by atoms with van der Waals surface area (Å²) in [6.07, 6.45) is 9.00. The molecule has 0 saturated carbocycles. The Morgan fingerprint density at radius 2 is 1.71 bits per heavy atom. The SMILES string of the molecule is CN(C)C(=O)c1sc2ccccc2c1CC1CCCCCN1CC(=O)N1CCCCC1. The fraction of sp³-hybridized carbons (Fsp3) is 0.600. The smallest absolute Gasteiger partial charge is 0.263 e. The number of rotatable bonds is 5. The maximum Gasteiger partial charge on any atom is 0.263 e. The molecule has 0 radical (unpaired) electrons. The average molecular weight is 442 g/mol. The fourth-order valence-electron chi connectivity index (χ4n) is 5.01. The Morgan fingerprint density at radius 3 is 2.48 bits per heavy atom. The number of carbonyl (C=O) groups is 2. The first kappa shape index (κ1) is 22.3. The molecule has 0 bridgehead atoms. The van der Waals surface area contributed by atoms with Gasteiger partial charge in [-0.25, -0.2) is 0 Å². The van der Waals surface area contributed by atoms with Gasteiger partial charge in [0.15, 0.2) is 0 Å². The van der Waals surface area contributed by atoms with Crippen LogP contribution in [-0.2, 0) is 11.2 Å². The first-order valence-corrected chi connectivity index (χ1v) is 12.6. The minimum Gasteiger partial charge on any atom is -0.344 e. The number of likely N-dealkylation sites (tertiary alicyclic amines) is 2. The highest BCUT2D eigenvalue weighted by atomic mass is 32.1. The van der Waals surface area contributed by atoms with Crippen LogP contribution in [0.1, 0.15) is 60.2 Å². The van der Waals surface area contributed by atoms with Crippen LogP contribution in [0, 0.1) is 0 Å². The third-order valence-electron chi connectivity index (χ3n) is 6.78. The molecule has 2 aromatic rings. The summed E-state index contributed by atoms with van der Waals surface area (Å²) in [5.41, 5.74) is 1.17. The van der Waals surface area contributed by atoms with Gasteiger partial charge in [0.2, 0.25) is 5.91 Å². The monoisotopic (exact) mass is 441 g/mol. The molecule has 5 nitrogen and oxygen atoms in total. The van der Waals surface area contributed by atoms with E-state index < -0.39 is 0 Å². The van der Waals surface area contributed by atoms with E-state index in [0.717, 1.165) is 56.6 Å². The molecule has 2 amide bonds. The summed E-state index contributed by atoms with van der Waals surface area (Å²) in [5, 5.41) is 1.20. The van der Waals surface area contributed by atoms with Crippen LogP contribution < -0.4 is 0 Å². The lowest BCUT2D eigenvalue weighted by atomic mass is 9.97. The molecule has 0 spiro atoms. The summed E-state index contributed by atoms with van der Waals surface area (Å²) in [7, 11) is 3.65. The van der Waals surface area contributed by atoms with Crippen molar-refractivity contribution in [3.63, 3.8) is 0 Å². The van der Waals surface area contributed by atoms with Gasteiger partial charge in [-0.2, -0.15) is 0 Å². The summed E-state index contributed by atoms with van der Waals surface area (Å²) >= 11 is 1.61. The summed E-state index contributed by atoms with van der Waals surface area (Å²) in [6.45, 7) is 3.31. The van der Waals surface area contributed by atoms with Crippen molar-refractivity contribution in [1.82, 2.24) is 14.7 Å². The molecule has 4 rings (SSSR count). The van der Waals surface area contributed by atoms with E-state index in [2.05, 4.69) is 28.0 Å². The van der Waals surface area contributed by atoms with Crippen LogP contribution in [0.25, 0.3) is 10.1 Å². The quantitative estimate of drug-likeness (QED) is 0.691. The van der Waals surface area contributed by atoms with Crippen LogP contribution in [0.2, 0.25) is 0 Å². The van der Waals surface area contributed by atoms with Crippen molar-refractivity contribution in [2.45, 2.75) is 57.4 Å². The molecule has 6 heteroatoms. The standard InChI is InChI=1S/C25H35N3O2S/c1-26(2)25(30)24-21(20-12-6-7-13-22(20)31-24)17-19-11-5-3-8-16-28(19)18-23(29)27-14-9-4-10-15-27/h6-7,12-13,19H,3-5,8-11,14-18H2,1-2H3. The summed E-state index contributed by atoms with van der Waals surface area (Å²) < 4.78 is 1.17. The number of nitrogens with zero attached hydrogens (tertiary/aromatic N) is 3. The molecular formula is C25H35N3O2S. The third kappa shape index (κ3) is 5.12. The van der Waals surface area contributed by atoms with Crippen molar-refractivity contribution in [3.8, 4) is 0 Å². The van der Waals surface area contributed by atoms with Crippen LogP contribution in [0.15, 0.2) is 24.3 Å². The van der Waals surface area contributed by atoms with Crippen LogP contribution >= 0.6 is 11.3 Å². The molecule has 3 heterocycles. The van der Waals surface area contributed by atoms with Gasteiger partial charge in [0, 0.05) is 37.9 Å². The minimum atomic E-state index is 0.0840. The molecule has 1 unspecified atom stereocenters. The van der Waals surface area contributed by atoms with Crippen molar-refractivity contribution < 1.29 is 9.59 Å². The van der Waals surface area contributed by atoms with Gasteiger partial charge in [0.25, 0.3) is 5.91 Å². The highest BCUT2D eigenvalue weighted by molar-refractivity contribution is 7.21. The van der Waals surface area contributed by atoms with Crippen molar-refractivity contribution in [3.05, 3.63) is 34.7 Å². The van der Waals surface area contributed by atoms with Gasteiger partial charge in [-0.3, -0.25) is 14.5 Å². The molecule has 1 atom stereocenters. The molecule has 168 valence electrons. The summed E-state index contributed by atoms with van der Waals surface area (Å²) in [4.78, 5) is 33.0. The van der Waals surface area contributed by atoms with Gasteiger partial charge < -0.3 is 9.80 Å². The van der Waals surface area contributed by atoms with E-state index in [1.54, 1.807) is 16.2 Å². The first-order chi connectivity index (χ1) is 15.0. The molecule has 2 fully saturated rings. The van der Waals surface area contributed by atoms with Gasteiger partial charge in [-0.1, -0.05) is 31.0 Å². The maximum atomic E-state index is 13.0. The second-order valence-corrected chi connectivity index (χ2v) is 10.3. The lowest BCUT2D eigenvalue weighted by Gasteiger charge is -2.33. The number of hydrogen-bond acceptors (Lipinski definition) is 4. The molecule has 2 aliphatic rings.